The largest absolute Gasteiger partial charge is 0.478 e. The van der Waals surface area contributed by atoms with E-state index < -0.39 is 5.97 Å². The third-order valence-corrected chi connectivity index (χ3v) is 3.32. The van der Waals surface area contributed by atoms with Crippen molar-refractivity contribution >= 4 is 11.9 Å². The van der Waals surface area contributed by atoms with Gasteiger partial charge in [0.15, 0.2) is 0 Å². The van der Waals surface area contributed by atoms with Gasteiger partial charge in [-0.25, -0.2) is 4.79 Å². The summed E-state index contributed by atoms with van der Waals surface area (Å²) in [6.45, 7) is 5.73. The predicted octanol–water partition coefficient (Wildman–Crippen LogP) is 2.26. The van der Waals surface area contributed by atoms with Crippen molar-refractivity contribution in [3.63, 3.8) is 0 Å². The van der Waals surface area contributed by atoms with E-state index in [1.807, 2.05) is 0 Å². The molecule has 2 rings (SSSR count). The molecule has 0 saturated carbocycles. The van der Waals surface area contributed by atoms with Gasteiger partial charge >= 0.3 is 5.97 Å². The lowest BCUT2D eigenvalue weighted by atomic mass is 9.93. The SMILES string of the molecule is CC1(C)CCN(C(=O)c2cccc(C(=O)O)c2)C1. The predicted molar refractivity (Wildman–Crippen MR) is 67.7 cm³/mol. The van der Waals surface area contributed by atoms with Crippen molar-refractivity contribution in [3.8, 4) is 0 Å². The number of amides is 1. The van der Waals surface area contributed by atoms with Crippen molar-refractivity contribution in [2.24, 2.45) is 5.41 Å². The highest BCUT2D eigenvalue weighted by molar-refractivity contribution is 5.97. The molecule has 1 aliphatic rings. The number of likely N-dealkylation sites (tertiary alicyclic amines) is 1. The van der Waals surface area contributed by atoms with E-state index in [4.69, 9.17) is 5.11 Å². The van der Waals surface area contributed by atoms with Gasteiger partial charge in [0, 0.05) is 18.7 Å². The topological polar surface area (TPSA) is 57.6 Å². The number of rotatable bonds is 2. The fourth-order valence-electron chi connectivity index (χ4n) is 2.25. The lowest BCUT2D eigenvalue weighted by Crippen LogP contribution is -2.30. The summed E-state index contributed by atoms with van der Waals surface area (Å²) < 4.78 is 0. The first-order valence-corrected chi connectivity index (χ1v) is 6.02. The van der Waals surface area contributed by atoms with Crippen molar-refractivity contribution in [2.45, 2.75) is 20.3 Å². The van der Waals surface area contributed by atoms with Gasteiger partial charge in [-0.2, -0.15) is 0 Å². The third-order valence-electron chi connectivity index (χ3n) is 3.32. The minimum Gasteiger partial charge on any atom is -0.478 e. The summed E-state index contributed by atoms with van der Waals surface area (Å²) in [5.41, 5.74) is 0.756. The molecule has 1 N–H and O–H groups in total. The number of carbonyl (C=O) groups is 2. The van der Waals surface area contributed by atoms with Crippen LogP contribution in [0.15, 0.2) is 24.3 Å². The lowest BCUT2D eigenvalue weighted by Gasteiger charge is -2.20. The van der Waals surface area contributed by atoms with Crippen molar-refractivity contribution in [2.75, 3.05) is 13.1 Å². The number of carboxylic acids is 1. The summed E-state index contributed by atoms with van der Waals surface area (Å²) in [5.74, 6) is -1.09. The molecule has 0 aromatic heterocycles. The smallest absolute Gasteiger partial charge is 0.335 e. The molecule has 0 unspecified atom stereocenters. The summed E-state index contributed by atoms with van der Waals surface area (Å²) in [5, 5.41) is 8.91. The zero-order valence-electron chi connectivity index (χ0n) is 10.6. The van der Waals surface area contributed by atoms with Crippen LogP contribution in [0.1, 0.15) is 41.0 Å². The molecule has 96 valence electrons. The summed E-state index contributed by atoms with van der Waals surface area (Å²) in [4.78, 5) is 24.9. The molecule has 18 heavy (non-hydrogen) atoms. The normalized spacial score (nSPS) is 17.8. The number of hydrogen-bond acceptors (Lipinski definition) is 2. The quantitative estimate of drug-likeness (QED) is 0.872. The minimum absolute atomic E-state index is 0.0799. The second-order valence-corrected chi connectivity index (χ2v) is 5.53. The van der Waals surface area contributed by atoms with Gasteiger partial charge in [0.1, 0.15) is 0 Å². The highest BCUT2D eigenvalue weighted by atomic mass is 16.4. The Kier molecular flexibility index (Phi) is 3.11. The number of carboxylic acid groups (broad SMARTS) is 1. The number of carbonyl (C=O) groups excluding carboxylic acids is 1. The Hall–Kier alpha value is -1.84. The monoisotopic (exact) mass is 247 g/mol. The number of benzene rings is 1. The van der Waals surface area contributed by atoms with Crippen LogP contribution >= 0.6 is 0 Å². The molecule has 0 aliphatic carbocycles. The average Bonchev–Trinajstić information content (AvgIpc) is 2.69. The Bertz CT molecular complexity index is 494. The Morgan fingerprint density at radius 3 is 2.50 bits per heavy atom. The van der Waals surface area contributed by atoms with E-state index in [1.165, 1.54) is 12.1 Å². The second kappa shape index (κ2) is 4.44. The van der Waals surface area contributed by atoms with E-state index in [9.17, 15) is 9.59 Å². The average molecular weight is 247 g/mol. The van der Waals surface area contributed by atoms with E-state index in [1.54, 1.807) is 17.0 Å². The summed E-state index contributed by atoms with van der Waals surface area (Å²) in [7, 11) is 0. The highest BCUT2D eigenvalue weighted by Crippen LogP contribution is 2.29. The van der Waals surface area contributed by atoms with Gasteiger partial charge in [-0.1, -0.05) is 19.9 Å². The van der Waals surface area contributed by atoms with Crippen molar-refractivity contribution < 1.29 is 14.7 Å². The highest BCUT2D eigenvalue weighted by Gasteiger charge is 2.32. The maximum Gasteiger partial charge on any atom is 0.335 e. The maximum absolute atomic E-state index is 12.2. The van der Waals surface area contributed by atoms with Crippen molar-refractivity contribution in [3.05, 3.63) is 35.4 Å². The molecular formula is C14H17NO3. The Balaban J connectivity index is 2.19. The first kappa shape index (κ1) is 12.6. The van der Waals surface area contributed by atoms with Crippen LogP contribution < -0.4 is 0 Å². The van der Waals surface area contributed by atoms with Crippen molar-refractivity contribution in [1.29, 1.82) is 0 Å². The first-order valence-electron chi connectivity index (χ1n) is 6.02. The number of aromatic carboxylic acids is 1. The van der Waals surface area contributed by atoms with Crippen LogP contribution in [-0.2, 0) is 0 Å². The second-order valence-electron chi connectivity index (χ2n) is 5.53. The van der Waals surface area contributed by atoms with E-state index in [0.29, 0.717) is 5.56 Å². The van der Waals surface area contributed by atoms with Crippen LogP contribution in [0.2, 0.25) is 0 Å². The van der Waals surface area contributed by atoms with Gasteiger partial charge in [0.2, 0.25) is 0 Å². The van der Waals surface area contributed by atoms with E-state index >= 15 is 0 Å². The third kappa shape index (κ3) is 2.53. The zero-order valence-corrected chi connectivity index (χ0v) is 10.6. The van der Waals surface area contributed by atoms with Crippen LogP contribution in [0.3, 0.4) is 0 Å². The molecule has 4 nitrogen and oxygen atoms in total. The zero-order chi connectivity index (χ0) is 13.3. The number of hydrogen-bond donors (Lipinski definition) is 1. The standard InChI is InChI=1S/C14H17NO3/c1-14(2)6-7-15(9-14)12(16)10-4-3-5-11(8-10)13(17)18/h3-5,8H,6-7,9H2,1-2H3,(H,17,18). The molecule has 1 heterocycles. The van der Waals surface area contributed by atoms with Crippen LogP contribution in [0.25, 0.3) is 0 Å². The van der Waals surface area contributed by atoms with Crippen LogP contribution in [-0.4, -0.2) is 35.0 Å². The summed E-state index contributed by atoms with van der Waals surface area (Å²) >= 11 is 0. The fourth-order valence-corrected chi connectivity index (χ4v) is 2.25. The molecule has 0 bridgehead atoms. The summed E-state index contributed by atoms with van der Waals surface area (Å²) in [6.07, 6.45) is 0.983. The van der Waals surface area contributed by atoms with Gasteiger partial charge in [-0.05, 0) is 30.0 Å². The molecule has 0 radical (unpaired) electrons. The van der Waals surface area contributed by atoms with Gasteiger partial charge < -0.3 is 10.0 Å². The van der Waals surface area contributed by atoms with Crippen molar-refractivity contribution in [1.82, 2.24) is 4.90 Å². The molecule has 4 heteroatoms. The van der Waals surface area contributed by atoms with Gasteiger partial charge in [0.25, 0.3) is 5.91 Å². The molecule has 1 aromatic rings. The Labute approximate surface area is 106 Å². The minimum atomic E-state index is -1.01. The molecule has 1 amide bonds. The van der Waals surface area contributed by atoms with Gasteiger partial charge in [-0.15, -0.1) is 0 Å². The molecule has 0 atom stereocenters. The van der Waals surface area contributed by atoms with Crippen LogP contribution in [0.4, 0.5) is 0 Å². The molecule has 1 aromatic carbocycles. The lowest BCUT2D eigenvalue weighted by molar-refractivity contribution is 0.0697. The summed E-state index contributed by atoms with van der Waals surface area (Å²) in [6, 6.07) is 6.21. The van der Waals surface area contributed by atoms with Gasteiger partial charge in [-0.3, -0.25) is 4.79 Å². The van der Waals surface area contributed by atoms with E-state index in [-0.39, 0.29) is 16.9 Å². The molecule has 1 fully saturated rings. The Morgan fingerprint density at radius 2 is 1.94 bits per heavy atom. The van der Waals surface area contributed by atoms with E-state index in [0.717, 1.165) is 19.5 Å². The molecule has 0 spiro atoms. The van der Waals surface area contributed by atoms with Crippen LogP contribution in [0, 0.1) is 5.41 Å². The fraction of sp³-hybridized carbons (Fsp3) is 0.429. The molecular weight excluding hydrogens is 230 g/mol. The molecule has 1 aliphatic heterocycles. The van der Waals surface area contributed by atoms with Gasteiger partial charge in [0.05, 0.1) is 5.56 Å². The van der Waals surface area contributed by atoms with Crippen LogP contribution in [0.5, 0.6) is 0 Å². The first-order chi connectivity index (χ1) is 8.39. The molecule has 1 saturated heterocycles. The number of nitrogens with zero attached hydrogens (tertiary/aromatic N) is 1. The Morgan fingerprint density at radius 1 is 1.28 bits per heavy atom. The maximum atomic E-state index is 12.2. The van der Waals surface area contributed by atoms with E-state index in [2.05, 4.69) is 13.8 Å².